The van der Waals surface area contributed by atoms with Crippen LogP contribution in [0.2, 0.25) is 0 Å². The summed E-state index contributed by atoms with van der Waals surface area (Å²) < 4.78 is 0. The number of anilines is 1. The second-order valence-electron chi connectivity index (χ2n) is 7.86. The van der Waals surface area contributed by atoms with Crippen molar-refractivity contribution in [2.45, 2.75) is 50.7 Å². The van der Waals surface area contributed by atoms with Crippen LogP contribution in [0.4, 0.5) is 5.69 Å². The van der Waals surface area contributed by atoms with Crippen LogP contribution in [0, 0.1) is 6.92 Å². The quantitative estimate of drug-likeness (QED) is 0.865. The van der Waals surface area contributed by atoms with E-state index in [9.17, 15) is 4.79 Å². The minimum absolute atomic E-state index is 0.359. The highest BCUT2D eigenvalue weighted by Crippen LogP contribution is 2.49. The number of hydrogen-bond acceptors (Lipinski definition) is 3. The van der Waals surface area contributed by atoms with Gasteiger partial charge in [0.1, 0.15) is 0 Å². The minimum Gasteiger partial charge on any atom is -0.382 e. The average molecular weight is 349 g/mol. The Hall–Kier alpha value is -2.33. The van der Waals surface area contributed by atoms with Crippen LogP contribution >= 0.6 is 0 Å². The van der Waals surface area contributed by atoms with Gasteiger partial charge in [-0.2, -0.15) is 0 Å². The monoisotopic (exact) mass is 349 g/mol. The molecule has 4 nitrogen and oxygen atoms in total. The number of benzene rings is 2. The molecule has 136 valence electrons. The highest BCUT2D eigenvalue weighted by Gasteiger charge is 2.51. The first kappa shape index (κ1) is 17.1. The Morgan fingerprint density at radius 3 is 2.69 bits per heavy atom. The number of likely N-dealkylation sites (tertiary alicyclic amines) is 1. The average Bonchev–Trinajstić information content (AvgIpc) is 3.40. The van der Waals surface area contributed by atoms with Crippen LogP contribution in [-0.2, 0) is 6.54 Å². The normalized spacial score (nSPS) is 21.5. The van der Waals surface area contributed by atoms with Crippen LogP contribution in [0.3, 0.4) is 0 Å². The number of nitrogens with zero attached hydrogens (tertiary/aromatic N) is 1. The second kappa shape index (κ2) is 6.76. The molecule has 2 aromatic carbocycles. The Kier molecular flexibility index (Phi) is 4.45. The van der Waals surface area contributed by atoms with E-state index in [0.29, 0.717) is 17.1 Å². The van der Waals surface area contributed by atoms with E-state index < -0.39 is 0 Å². The van der Waals surface area contributed by atoms with Gasteiger partial charge in [0.15, 0.2) is 0 Å². The van der Waals surface area contributed by atoms with Crippen molar-refractivity contribution in [1.29, 1.82) is 0 Å². The van der Waals surface area contributed by atoms with Gasteiger partial charge in [-0.25, -0.2) is 0 Å². The maximum absolute atomic E-state index is 11.6. The molecule has 3 N–H and O–H groups in total. The molecule has 1 spiro atoms. The van der Waals surface area contributed by atoms with Crippen LogP contribution in [0.25, 0.3) is 0 Å². The number of nitrogens with one attached hydrogen (secondary N) is 1. The lowest BCUT2D eigenvalue weighted by molar-refractivity contribution is 0.0999. The van der Waals surface area contributed by atoms with E-state index in [4.69, 9.17) is 5.73 Å². The third-order valence-corrected chi connectivity index (χ3v) is 5.96. The fourth-order valence-electron chi connectivity index (χ4n) is 4.29. The van der Waals surface area contributed by atoms with Crippen LogP contribution < -0.4 is 11.1 Å². The summed E-state index contributed by atoms with van der Waals surface area (Å²) in [6.07, 6.45) is 4.87. The van der Waals surface area contributed by atoms with Crippen molar-refractivity contribution in [2.75, 3.05) is 11.9 Å². The number of aryl methyl sites for hydroxylation is 1. The molecule has 1 unspecified atom stereocenters. The van der Waals surface area contributed by atoms with Crippen LogP contribution in [0.1, 0.15) is 47.2 Å². The Bertz CT molecular complexity index is 798. The predicted octanol–water partition coefficient (Wildman–Crippen LogP) is 3.70. The molecule has 2 aromatic rings. The molecule has 1 saturated carbocycles. The molecule has 4 rings (SSSR count). The SMILES string of the molecule is Cc1ccc(NC2CCN(Cc3ccccc3)C3(CC3)C2)cc1C(N)=O. The Labute approximate surface area is 155 Å². The first-order valence-electron chi connectivity index (χ1n) is 9.52. The number of primary amides is 1. The maximum Gasteiger partial charge on any atom is 0.249 e. The maximum atomic E-state index is 11.6. The van der Waals surface area contributed by atoms with Gasteiger partial charge in [0, 0.05) is 35.9 Å². The van der Waals surface area contributed by atoms with Gasteiger partial charge in [-0.05, 0) is 55.9 Å². The number of rotatable bonds is 5. The van der Waals surface area contributed by atoms with Crippen molar-refractivity contribution in [3.05, 3.63) is 65.2 Å². The zero-order chi connectivity index (χ0) is 18.1. The molecule has 26 heavy (non-hydrogen) atoms. The number of hydrogen-bond donors (Lipinski definition) is 2. The van der Waals surface area contributed by atoms with E-state index in [0.717, 1.165) is 30.8 Å². The van der Waals surface area contributed by atoms with Gasteiger partial charge in [0.05, 0.1) is 0 Å². The van der Waals surface area contributed by atoms with Gasteiger partial charge in [0.2, 0.25) is 5.91 Å². The zero-order valence-electron chi connectivity index (χ0n) is 15.4. The molecule has 2 fully saturated rings. The third-order valence-electron chi connectivity index (χ3n) is 5.96. The van der Waals surface area contributed by atoms with E-state index >= 15 is 0 Å². The molecule has 1 aliphatic carbocycles. The summed E-state index contributed by atoms with van der Waals surface area (Å²) in [5.41, 5.74) is 9.79. The molecule has 2 aliphatic rings. The standard InChI is InChI=1S/C22H27N3O/c1-16-7-8-18(13-20(16)21(23)26)24-19-9-12-25(22(14-19)10-11-22)15-17-5-3-2-4-6-17/h2-8,13,19,24H,9-12,14-15H2,1H3,(H2,23,26). The summed E-state index contributed by atoms with van der Waals surface area (Å²) in [5.74, 6) is -0.359. The fourth-order valence-corrected chi connectivity index (χ4v) is 4.29. The van der Waals surface area contributed by atoms with E-state index in [1.54, 1.807) is 0 Å². The second-order valence-corrected chi connectivity index (χ2v) is 7.86. The van der Waals surface area contributed by atoms with Gasteiger partial charge < -0.3 is 11.1 Å². The van der Waals surface area contributed by atoms with Gasteiger partial charge in [-0.15, -0.1) is 0 Å². The number of carbonyl (C=O) groups is 1. The molecular weight excluding hydrogens is 322 g/mol. The van der Waals surface area contributed by atoms with Crippen molar-refractivity contribution >= 4 is 11.6 Å². The van der Waals surface area contributed by atoms with E-state index in [2.05, 4.69) is 46.6 Å². The lowest BCUT2D eigenvalue weighted by atomic mass is 9.93. The van der Waals surface area contributed by atoms with Gasteiger partial charge in [0.25, 0.3) is 0 Å². The van der Waals surface area contributed by atoms with E-state index in [-0.39, 0.29) is 5.91 Å². The van der Waals surface area contributed by atoms with Crippen molar-refractivity contribution in [1.82, 2.24) is 4.90 Å². The number of amides is 1. The molecule has 0 aromatic heterocycles. The van der Waals surface area contributed by atoms with E-state index in [1.807, 2.05) is 19.1 Å². The van der Waals surface area contributed by atoms with Crippen molar-refractivity contribution in [3.63, 3.8) is 0 Å². The van der Waals surface area contributed by atoms with Crippen molar-refractivity contribution in [3.8, 4) is 0 Å². The highest BCUT2D eigenvalue weighted by atomic mass is 16.1. The molecule has 4 heteroatoms. The molecule has 1 amide bonds. The first-order valence-corrected chi connectivity index (χ1v) is 9.52. The van der Waals surface area contributed by atoms with Crippen LogP contribution in [-0.4, -0.2) is 28.9 Å². The molecule has 1 heterocycles. The molecular formula is C22H27N3O. The summed E-state index contributed by atoms with van der Waals surface area (Å²) in [5, 5.41) is 3.65. The Morgan fingerprint density at radius 2 is 2.00 bits per heavy atom. The number of nitrogens with two attached hydrogens (primary N) is 1. The lowest BCUT2D eigenvalue weighted by Gasteiger charge is -2.41. The minimum atomic E-state index is -0.359. The van der Waals surface area contributed by atoms with Gasteiger partial charge in [-0.1, -0.05) is 36.4 Å². The summed E-state index contributed by atoms with van der Waals surface area (Å²) >= 11 is 0. The highest BCUT2D eigenvalue weighted by molar-refractivity contribution is 5.95. The number of piperidine rings is 1. The smallest absolute Gasteiger partial charge is 0.249 e. The van der Waals surface area contributed by atoms with Gasteiger partial charge in [-0.3, -0.25) is 9.69 Å². The van der Waals surface area contributed by atoms with Gasteiger partial charge >= 0.3 is 0 Å². The number of carbonyl (C=O) groups excluding carboxylic acids is 1. The summed E-state index contributed by atoms with van der Waals surface area (Å²) in [6.45, 7) is 4.08. The van der Waals surface area contributed by atoms with Crippen LogP contribution in [0.5, 0.6) is 0 Å². The Balaban J connectivity index is 1.42. The third kappa shape index (κ3) is 3.47. The topological polar surface area (TPSA) is 58.4 Å². The molecule has 1 aliphatic heterocycles. The summed E-state index contributed by atoms with van der Waals surface area (Å²) in [4.78, 5) is 14.3. The van der Waals surface area contributed by atoms with E-state index in [1.165, 1.54) is 24.8 Å². The molecule has 0 radical (unpaired) electrons. The summed E-state index contributed by atoms with van der Waals surface area (Å²) in [7, 11) is 0. The predicted molar refractivity (Wildman–Crippen MR) is 105 cm³/mol. The molecule has 1 atom stereocenters. The van der Waals surface area contributed by atoms with Crippen LogP contribution in [0.15, 0.2) is 48.5 Å². The van der Waals surface area contributed by atoms with Crippen molar-refractivity contribution in [2.24, 2.45) is 5.73 Å². The first-order chi connectivity index (χ1) is 12.6. The molecule has 0 bridgehead atoms. The summed E-state index contributed by atoms with van der Waals surface area (Å²) in [6, 6.07) is 17.1. The fraction of sp³-hybridized carbons (Fsp3) is 0.409. The lowest BCUT2D eigenvalue weighted by Crippen LogP contribution is -2.47. The largest absolute Gasteiger partial charge is 0.382 e. The Morgan fingerprint density at radius 1 is 1.23 bits per heavy atom. The zero-order valence-corrected chi connectivity index (χ0v) is 15.4. The molecule has 1 saturated heterocycles. The van der Waals surface area contributed by atoms with Crippen molar-refractivity contribution < 1.29 is 4.79 Å².